The molecule has 2 aromatic rings. The van der Waals surface area contributed by atoms with E-state index in [2.05, 4.69) is 12.2 Å². The summed E-state index contributed by atoms with van der Waals surface area (Å²) in [6.07, 6.45) is 0.714. The molecule has 1 aromatic heterocycles. The number of methoxy groups -OCH3 is 1. The van der Waals surface area contributed by atoms with Crippen molar-refractivity contribution >= 4 is 22.9 Å². The van der Waals surface area contributed by atoms with E-state index >= 15 is 0 Å². The van der Waals surface area contributed by atoms with Gasteiger partial charge < -0.3 is 10.1 Å². The molecule has 0 bridgehead atoms. The maximum Gasteiger partial charge on any atom is 0.165 e. The van der Waals surface area contributed by atoms with Crippen molar-refractivity contribution in [3.05, 3.63) is 50.9 Å². The second-order valence-corrected chi connectivity index (χ2v) is 6.17. The van der Waals surface area contributed by atoms with Crippen LogP contribution in [0.5, 0.6) is 5.75 Å². The molecule has 0 saturated heterocycles. The third kappa shape index (κ3) is 3.72. The van der Waals surface area contributed by atoms with Gasteiger partial charge in [-0.15, -0.1) is 11.3 Å². The summed E-state index contributed by atoms with van der Waals surface area (Å²) in [7, 11) is 1.47. The van der Waals surface area contributed by atoms with Crippen LogP contribution >= 0.6 is 22.9 Å². The highest BCUT2D eigenvalue weighted by atomic mass is 35.5. The molecular formula is C15H17ClFNOS. The summed E-state index contributed by atoms with van der Waals surface area (Å²) in [6.45, 7) is 2.90. The summed E-state index contributed by atoms with van der Waals surface area (Å²) < 4.78 is 19.4. The zero-order chi connectivity index (χ0) is 14.5. The van der Waals surface area contributed by atoms with Gasteiger partial charge in [0.25, 0.3) is 0 Å². The van der Waals surface area contributed by atoms with E-state index in [-0.39, 0.29) is 17.6 Å². The molecule has 0 spiro atoms. The van der Waals surface area contributed by atoms with Gasteiger partial charge in [0.15, 0.2) is 11.6 Å². The normalized spacial score (nSPS) is 12.4. The van der Waals surface area contributed by atoms with E-state index in [0.717, 1.165) is 21.3 Å². The van der Waals surface area contributed by atoms with E-state index in [1.54, 1.807) is 17.4 Å². The third-order valence-electron chi connectivity index (χ3n) is 3.04. The number of halogens is 2. The predicted molar refractivity (Wildman–Crippen MR) is 82.4 cm³/mol. The van der Waals surface area contributed by atoms with Crippen LogP contribution in [0.2, 0.25) is 4.34 Å². The Morgan fingerprint density at radius 1 is 1.35 bits per heavy atom. The fourth-order valence-corrected chi connectivity index (χ4v) is 3.24. The maximum atomic E-state index is 13.7. The topological polar surface area (TPSA) is 21.3 Å². The van der Waals surface area contributed by atoms with Crippen LogP contribution in [0.3, 0.4) is 0 Å². The van der Waals surface area contributed by atoms with Gasteiger partial charge >= 0.3 is 0 Å². The Hall–Kier alpha value is -1.10. The minimum atomic E-state index is -0.329. The van der Waals surface area contributed by atoms with E-state index in [1.165, 1.54) is 13.2 Å². The van der Waals surface area contributed by atoms with Crippen molar-refractivity contribution < 1.29 is 9.13 Å². The van der Waals surface area contributed by atoms with Crippen molar-refractivity contribution in [1.29, 1.82) is 0 Å². The Bertz CT molecular complexity index is 573. The Morgan fingerprint density at radius 2 is 2.15 bits per heavy atom. The first-order valence-corrected chi connectivity index (χ1v) is 7.64. The molecule has 0 aliphatic rings. The summed E-state index contributed by atoms with van der Waals surface area (Å²) in [5, 5.41) is 3.41. The molecule has 0 fully saturated rings. The highest BCUT2D eigenvalue weighted by Gasteiger charge is 2.14. The fraction of sp³-hybridized carbons (Fsp3) is 0.333. The lowest BCUT2D eigenvalue weighted by molar-refractivity contribution is 0.386. The second kappa shape index (κ2) is 7.07. The van der Waals surface area contributed by atoms with Crippen LogP contribution in [-0.2, 0) is 6.42 Å². The first-order chi connectivity index (χ1) is 9.63. The van der Waals surface area contributed by atoms with Crippen LogP contribution in [0.15, 0.2) is 30.3 Å². The summed E-state index contributed by atoms with van der Waals surface area (Å²) in [4.78, 5) is 1.16. The molecule has 1 atom stereocenters. The Labute approximate surface area is 127 Å². The number of thiophene rings is 1. The van der Waals surface area contributed by atoms with Crippen LogP contribution < -0.4 is 10.1 Å². The molecule has 0 radical (unpaired) electrons. The average molecular weight is 314 g/mol. The molecule has 1 aromatic carbocycles. The zero-order valence-corrected chi connectivity index (χ0v) is 13.0. The molecule has 1 heterocycles. The van der Waals surface area contributed by atoms with Crippen molar-refractivity contribution in [2.45, 2.75) is 19.4 Å². The molecule has 2 rings (SSSR count). The summed E-state index contributed by atoms with van der Waals surface area (Å²) in [5.74, 6) is -0.0580. The van der Waals surface area contributed by atoms with Gasteiger partial charge in [-0.25, -0.2) is 4.39 Å². The van der Waals surface area contributed by atoms with Crippen molar-refractivity contribution in [1.82, 2.24) is 5.32 Å². The van der Waals surface area contributed by atoms with Crippen LogP contribution in [-0.4, -0.2) is 13.7 Å². The molecule has 20 heavy (non-hydrogen) atoms. The first kappa shape index (κ1) is 15.3. The molecule has 0 aliphatic carbocycles. The number of likely N-dealkylation sites (N-methyl/N-ethyl adjacent to an activating group) is 1. The number of hydrogen-bond donors (Lipinski definition) is 1. The van der Waals surface area contributed by atoms with E-state index in [1.807, 2.05) is 18.2 Å². The van der Waals surface area contributed by atoms with E-state index < -0.39 is 0 Å². The first-order valence-electron chi connectivity index (χ1n) is 6.45. The zero-order valence-electron chi connectivity index (χ0n) is 11.5. The van der Waals surface area contributed by atoms with Crippen molar-refractivity contribution in [2.75, 3.05) is 13.7 Å². The largest absolute Gasteiger partial charge is 0.494 e. The van der Waals surface area contributed by atoms with Crippen LogP contribution in [0.4, 0.5) is 4.39 Å². The molecule has 0 saturated carbocycles. The van der Waals surface area contributed by atoms with Gasteiger partial charge in [0.1, 0.15) is 0 Å². The maximum absolute atomic E-state index is 13.7. The molecule has 0 aliphatic heterocycles. The Kier molecular flexibility index (Phi) is 5.40. The summed E-state index contributed by atoms with van der Waals surface area (Å²) in [5.41, 5.74) is 0.929. The van der Waals surface area contributed by atoms with Crippen molar-refractivity contribution in [3.63, 3.8) is 0 Å². The number of ether oxygens (including phenoxy) is 1. The van der Waals surface area contributed by atoms with Gasteiger partial charge in [0, 0.05) is 10.9 Å². The number of hydrogen-bond acceptors (Lipinski definition) is 3. The van der Waals surface area contributed by atoms with E-state index in [0.29, 0.717) is 6.42 Å². The van der Waals surface area contributed by atoms with Crippen molar-refractivity contribution in [3.8, 4) is 5.75 Å². The Morgan fingerprint density at radius 3 is 2.70 bits per heavy atom. The van der Waals surface area contributed by atoms with Crippen LogP contribution in [0.25, 0.3) is 0 Å². The molecule has 0 amide bonds. The van der Waals surface area contributed by atoms with Crippen LogP contribution in [0.1, 0.15) is 23.4 Å². The van der Waals surface area contributed by atoms with E-state index in [9.17, 15) is 4.39 Å². The Balaban J connectivity index is 2.17. The second-order valence-electron chi connectivity index (χ2n) is 4.43. The minimum Gasteiger partial charge on any atom is -0.494 e. The fourth-order valence-electron chi connectivity index (χ4n) is 2.11. The lowest BCUT2D eigenvalue weighted by Crippen LogP contribution is -2.22. The summed E-state index contributed by atoms with van der Waals surface area (Å²) in [6, 6.07) is 9.13. The smallest absolute Gasteiger partial charge is 0.165 e. The standard InChI is InChI=1S/C15H17ClFNOS/c1-3-18-12(14-6-7-15(16)20-14)9-10-4-5-13(19-2)11(17)8-10/h4-8,12,18H,3,9H2,1-2H3. The lowest BCUT2D eigenvalue weighted by Gasteiger charge is -2.17. The van der Waals surface area contributed by atoms with Gasteiger partial charge in [0.2, 0.25) is 0 Å². The quantitative estimate of drug-likeness (QED) is 0.851. The van der Waals surface area contributed by atoms with Gasteiger partial charge in [-0.2, -0.15) is 0 Å². The minimum absolute atomic E-state index is 0.144. The molecule has 2 nitrogen and oxygen atoms in total. The van der Waals surface area contributed by atoms with Gasteiger partial charge in [-0.1, -0.05) is 24.6 Å². The van der Waals surface area contributed by atoms with Crippen molar-refractivity contribution in [2.24, 2.45) is 0 Å². The molecule has 108 valence electrons. The monoisotopic (exact) mass is 313 g/mol. The molecule has 1 N–H and O–H groups in total. The number of nitrogens with one attached hydrogen (secondary N) is 1. The highest BCUT2D eigenvalue weighted by Crippen LogP contribution is 2.29. The predicted octanol–water partition coefficient (Wildman–Crippen LogP) is 4.44. The highest BCUT2D eigenvalue weighted by molar-refractivity contribution is 7.16. The lowest BCUT2D eigenvalue weighted by atomic mass is 10.0. The average Bonchev–Trinajstić information content (AvgIpc) is 2.85. The number of rotatable bonds is 6. The molecular weight excluding hydrogens is 297 g/mol. The van der Waals surface area contributed by atoms with Gasteiger partial charge in [-0.05, 0) is 42.8 Å². The molecule has 1 unspecified atom stereocenters. The molecule has 5 heteroatoms. The summed E-state index contributed by atoms with van der Waals surface area (Å²) >= 11 is 7.54. The number of benzene rings is 1. The van der Waals surface area contributed by atoms with E-state index in [4.69, 9.17) is 16.3 Å². The van der Waals surface area contributed by atoms with Crippen LogP contribution in [0, 0.1) is 5.82 Å². The van der Waals surface area contributed by atoms with Gasteiger partial charge in [-0.3, -0.25) is 0 Å². The SMILES string of the molecule is CCNC(Cc1ccc(OC)c(F)c1)c1ccc(Cl)s1. The van der Waals surface area contributed by atoms with Gasteiger partial charge in [0.05, 0.1) is 11.4 Å². The third-order valence-corrected chi connectivity index (χ3v) is 4.39.